The van der Waals surface area contributed by atoms with Gasteiger partial charge in [-0.05, 0) is 25.6 Å². The molecule has 0 bridgehead atoms. The van der Waals surface area contributed by atoms with Crippen molar-refractivity contribution in [3.05, 3.63) is 34.4 Å². The smallest absolute Gasteiger partial charge is 0.269 e. The highest BCUT2D eigenvalue weighted by Crippen LogP contribution is 2.20. The monoisotopic (exact) mass is 297 g/mol. The number of hydrogen-bond acceptors (Lipinski definition) is 5. The van der Waals surface area contributed by atoms with Crippen molar-refractivity contribution in [3.63, 3.8) is 0 Å². The van der Waals surface area contributed by atoms with Crippen LogP contribution in [0.1, 0.15) is 13.8 Å². The highest BCUT2D eigenvalue weighted by molar-refractivity contribution is 8.00. The number of rotatable bonds is 8. The van der Waals surface area contributed by atoms with Crippen molar-refractivity contribution < 1.29 is 9.72 Å². The Morgan fingerprint density at radius 1 is 1.40 bits per heavy atom. The maximum atomic E-state index is 11.6. The number of amides is 1. The van der Waals surface area contributed by atoms with Gasteiger partial charge in [-0.15, -0.1) is 11.8 Å². The second-order valence-electron chi connectivity index (χ2n) is 4.30. The molecule has 0 aliphatic rings. The predicted octanol–water partition coefficient (Wildman–Crippen LogP) is 1.80. The van der Waals surface area contributed by atoms with Gasteiger partial charge in [-0.3, -0.25) is 14.9 Å². The maximum Gasteiger partial charge on any atom is 0.269 e. The van der Waals surface area contributed by atoms with Crippen LogP contribution in [0.4, 0.5) is 5.69 Å². The third-order valence-electron chi connectivity index (χ3n) is 2.58. The van der Waals surface area contributed by atoms with Gasteiger partial charge in [-0.2, -0.15) is 0 Å². The lowest BCUT2D eigenvalue weighted by Gasteiger charge is -2.12. The summed E-state index contributed by atoms with van der Waals surface area (Å²) in [6.07, 6.45) is 0. The van der Waals surface area contributed by atoms with Gasteiger partial charge in [0.2, 0.25) is 5.91 Å². The molecular weight excluding hydrogens is 278 g/mol. The van der Waals surface area contributed by atoms with E-state index in [0.29, 0.717) is 12.3 Å². The van der Waals surface area contributed by atoms with E-state index in [2.05, 4.69) is 10.6 Å². The van der Waals surface area contributed by atoms with E-state index in [4.69, 9.17) is 0 Å². The Balaban J connectivity index is 2.32. The first kappa shape index (κ1) is 16.5. The molecule has 6 nitrogen and oxygen atoms in total. The number of nitro benzene ring substituents is 1. The molecule has 1 amide bonds. The highest BCUT2D eigenvalue weighted by atomic mass is 32.2. The molecule has 0 aromatic heterocycles. The maximum absolute atomic E-state index is 11.6. The lowest BCUT2D eigenvalue weighted by Crippen LogP contribution is -2.39. The largest absolute Gasteiger partial charge is 0.354 e. The van der Waals surface area contributed by atoms with E-state index < -0.39 is 4.92 Å². The molecule has 1 aromatic rings. The highest BCUT2D eigenvalue weighted by Gasteiger charge is 2.07. The van der Waals surface area contributed by atoms with E-state index >= 15 is 0 Å². The van der Waals surface area contributed by atoms with Crippen LogP contribution in [0.15, 0.2) is 29.2 Å². The van der Waals surface area contributed by atoms with Crippen molar-refractivity contribution in [2.24, 2.45) is 0 Å². The topological polar surface area (TPSA) is 84.3 Å². The van der Waals surface area contributed by atoms with E-state index in [0.717, 1.165) is 11.4 Å². The van der Waals surface area contributed by atoms with Crippen molar-refractivity contribution in [3.8, 4) is 0 Å². The fourth-order valence-corrected chi connectivity index (χ4v) is 2.28. The molecule has 0 saturated heterocycles. The molecule has 0 spiro atoms. The van der Waals surface area contributed by atoms with Crippen molar-refractivity contribution in [1.82, 2.24) is 10.6 Å². The normalized spacial score (nSPS) is 11.9. The van der Waals surface area contributed by atoms with Gasteiger partial charge in [-0.25, -0.2) is 0 Å². The van der Waals surface area contributed by atoms with Crippen LogP contribution in [0.25, 0.3) is 0 Å². The van der Waals surface area contributed by atoms with Crippen molar-refractivity contribution in [1.29, 1.82) is 0 Å². The second-order valence-corrected chi connectivity index (χ2v) is 5.35. The summed E-state index contributed by atoms with van der Waals surface area (Å²) >= 11 is 1.36. The summed E-state index contributed by atoms with van der Waals surface area (Å²) < 4.78 is 0. The van der Waals surface area contributed by atoms with Crippen molar-refractivity contribution >= 4 is 23.4 Å². The Kier molecular flexibility index (Phi) is 7.03. The van der Waals surface area contributed by atoms with Gasteiger partial charge in [0.15, 0.2) is 0 Å². The number of hydrogen-bond donors (Lipinski definition) is 2. The van der Waals surface area contributed by atoms with E-state index in [9.17, 15) is 14.9 Å². The number of likely N-dealkylation sites (N-methyl/N-ethyl adjacent to an activating group) is 1. The molecule has 2 N–H and O–H groups in total. The third-order valence-corrected chi connectivity index (χ3v) is 3.59. The van der Waals surface area contributed by atoms with Crippen LogP contribution >= 0.6 is 11.8 Å². The number of nitrogens with zero attached hydrogens (tertiary/aromatic N) is 1. The Labute approximate surface area is 122 Å². The van der Waals surface area contributed by atoms with Crippen molar-refractivity contribution in [2.45, 2.75) is 24.8 Å². The van der Waals surface area contributed by atoms with Gasteiger partial charge in [0.1, 0.15) is 0 Å². The molecule has 0 aliphatic heterocycles. The molecule has 1 atom stereocenters. The zero-order valence-electron chi connectivity index (χ0n) is 11.6. The van der Waals surface area contributed by atoms with Crippen LogP contribution in [-0.2, 0) is 4.79 Å². The lowest BCUT2D eigenvalue weighted by atomic mass is 10.3. The van der Waals surface area contributed by atoms with Crippen molar-refractivity contribution in [2.75, 3.05) is 18.8 Å². The molecular formula is C13H19N3O3S. The minimum Gasteiger partial charge on any atom is -0.354 e. The summed E-state index contributed by atoms with van der Waals surface area (Å²) in [5.41, 5.74) is 0.0540. The lowest BCUT2D eigenvalue weighted by molar-refractivity contribution is -0.384. The molecule has 1 rings (SSSR count). The molecule has 0 heterocycles. The van der Waals surface area contributed by atoms with E-state index in [-0.39, 0.29) is 17.6 Å². The molecule has 110 valence electrons. The Morgan fingerprint density at radius 2 is 2.05 bits per heavy atom. The molecule has 0 saturated carbocycles. The minimum absolute atomic E-state index is 0.0434. The number of non-ortho nitro benzene ring substituents is 1. The summed E-state index contributed by atoms with van der Waals surface area (Å²) in [6, 6.07) is 6.42. The molecule has 0 aliphatic carbocycles. The molecule has 0 fully saturated rings. The average molecular weight is 297 g/mol. The predicted molar refractivity (Wildman–Crippen MR) is 80.0 cm³/mol. The Bertz CT molecular complexity index is 451. The van der Waals surface area contributed by atoms with Crippen LogP contribution in [-0.4, -0.2) is 35.7 Å². The molecule has 0 unspecified atom stereocenters. The average Bonchev–Trinajstić information content (AvgIpc) is 2.43. The molecule has 20 heavy (non-hydrogen) atoms. The van der Waals surface area contributed by atoms with E-state index in [1.807, 2.05) is 13.8 Å². The third kappa shape index (κ3) is 6.03. The van der Waals surface area contributed by atoms with Gasteiger partial charge in [0.05, 0.1) is 10.7 Å². The van der Waals surface area contributed by atoms with Crippen LogP contribution in [0.3, 0.4) is 0 Å². The number of carbonyl (C=O) groups is 1. The number of thioether (sulfide) groups is 1. The van der Waals surface area contributed by atoms with Gasteiger partial charge in [0.25, 0.3) is 5.69 Å². The summed E-state index contributed by atoms with van der Waals surface area (Å²) in [7, 11) is 0. The van der Waals surface area contributed by atoms with Gasteiger partial charge in [0, 0.05) is 29.6 Å². The number of benzene rings is 1. The second kappa shape index (κ2) is 8.55. The minimum atomic E-state index is -0.441. The quantitative estimate of drug-likeness (QED) is 0.434. The van der Waals surface area contributed by atoms with Gasteiger partial charge < -0.3 is 10.6 Å². The Morgan fingerprint density at radius 3 is 2.60 bits per heavy atom. The van der Waals surface area contributed by atoms with Crippen LogP contribution in [0.5, 0.6) is 0 Å². The standard InChI is InChI=1S/C13H19N3O3S/c1-3-14-10(2)8-15-13(17)9-20-12-6-4-11(5-7-12)16(18)19/h4-7,10,14H,3,8-9H2,1-2H3,(H,15,17)/t10-/m1/s1. The van der Waals surface area contributed by atoms with Crippen LogP contribution in [0.2, 0.25) is 0 Å². The van der Waals surface area contributed by atoms with Crippen LogP contribution < -0.4 is 10.6 Å². The SMILES string of the molecule is CCN[C@H](C)CNC(=O)CSc1ccc([N+](=O)[O-])cc1. The van der Waals surface area contributed by atoms with E-state index in [1.165, 1.54) is 23.9 Å². The number of carbonyl (C=O) groups excluding carboxylic acids is 1. The van der Waals surface area contributed by atoms with Crippen LogP contribution in [0, 0.1) is 10.1 Å². The summed E-state index contributed by atoms with van der Waals surface area (Å²) in [5, 5.41) is 16.6. The zero-order chi connectivity index (χ0) is 15.0. The number of nitro groups is 1. The fourth-order valence-electron chi connectivity index (χ4n) is 1.55. The zero-order valence-corrected chi connectivity index (χ0v) is 12.4. The van der Waals surface area contributed by atoms with E-state index in [1.54, 1.807) is 12.1 Å². The molecule has 0 radical (unpaired) electrons. The first-order valence-electron chi connectivity index (χ1n) is 6.40. The first-order chi connectivity index (χ1) is 9.52. The fraction of sp³-hybridized carbons (Fsp3) is 0.462. The first-order valence-corrected chi connectivity index (χ1v) is 7.38. The van der Waals surface area contributed by atoms with Gasteiger partial charge >= 0.3 is 0 Å². The summed E-state index contributed by atoms with van der Waals surface area (Å²) in [6.45, 7) is 5.48. The Hall–Kier alpha value is -1.60. The number of nitrogens with one attached hydrogen (secondary N) is 2. The summed E-state index contributed by atoms with van der Waals surface area (Å²) in [4.78, 5) is 22.5. The summed E-state index contributed by atoms with van der Waals surface area (Å²) in [5.74, 6) is 0.259. The molecule has 1 aromatic carbocycles. The molecule has 7 heteroatoms. The van der Waals surface area contributed by atoms with Gasteiger partial charge in [-0.1, -0.05) is 6.92 Å².